The highest BCUT2D eigenvalue weighted by atomic mass is 16.5. The first-order chi connectivity index (χ1) is 10.7. The number of unbranched alkanes of at least 4 members (excludes halogenated alkanes) is 2. The Balaban J connectivity index is 2.00. The normalized spacial score (nSPS) is 12.2. The average molecular weight is 296 g/mol. The molecule has 2 aromatic carbocycles. The predicted octanol–water partition coefficient (Wildman–Crippen LogP) is 4.81. The molecule has 0 aromatic heterocycles. The maximum Gasteiger partial charge on any atom is 0.336 e. The summed E-state index contributed by atoms with van der Waals surface area (Å²) in [5.41, 5.74) is 3.20. The second-order valence-electron chi connectivity index (χ2n) is 5.73. The zero-order valence-electron chi connectivity index (χ0n) is 12.8. The van der Waals surface area contributed by atoms with E-state index in [9.17, 15) is 9.90 Å². The van der Waals surface area contributed by atoms with Crippen molar-refractivity contribution in [2.45, 2.75) is 39.0 Å². The SMILES string of the molecule is CCCCCc1ccc2c(c1C(=O)O)Cc1ccccc1O2. The van der Waals surface area contributed by atoms with Crippen LogP contribution in [0.15, 0.2) is 36.4 Å². The Morgan fingerprint density at radius 1 is 1.14 bits per heavy atom. The van der Waals surface area contributed by atoms with Crippen molar-refractivity contribution in [2.24, 2.45) is 0 Å². The Hall–Kier alpha value is -2.29. The lowest BCUT2D eigenvalue weighted by Gasteiger charge is -2.23. The topological polar surface area (TPSA) is 46.5 Å². The number of aryl methyl sites for hydroxylation is 1. The van der Waals surface area contributed by atoms with Crippen molar-refractivity contribution in [2.75, 3.05) is 0 Å². The molecule has 0 unspecified atom stereocenters. The number of hydrogen-bond donors (Lipinski definition) is 1. The third-order valence-corrected chi connectivity index (χ3v) is 4.18. The third-order valence-electron chi connectivity index (χ3n) is 4.18. The number of para-hydroxylation sites is 1. The Morgan fingerprint density at radius 2 is 1.95 bits per heavy atom. The second kappa shape index (κ2) is 6.22. The number of hydrogen-bond acceptors (Lipinski definition) is 2. The van der Waals surface area contributed by atoms with Crippen LogP contribution in [0.3, 0.4) is 0 Å². The number of ether oxygens (including phenoxy) is 1. The van der Waals surface area contributed by atoms with E-state index in [0.29, 0.717) is 17.7 Å². The number of fused-ring (bicyclic) bond motifs is 2. The number of carboxylic acid groups (broad SMARTS) is 1. The zero-order valence-corrected chi connectivity index (χ0v) is 12.8. The molecule has 1 aliphatic rings. The quantitative estimate of drug-likeness (QED) is 0.687. The molecule has 0 fully saturated rings. The number of carboxylic acids is 1. The fourth-order valence-corrected chi connectivity index (χ4v) is 3.05. The number of carbonyl (C=O) groups is 1. The van der Waals surface area contributed by atoms with Crippen LogP contribution in [0.5, 0.6) is 11.5 Å². The molecule has 3 rings (SSSR count). The largest absolute Gasteiger partial charge is 0.478 e. The van der Waals surface area contributed by atoms with Gasteiger partial charge in [0.05, 0.1) is 5.56 Å². The Kier molecular flexibility index (Phi) is 4.14. The standard InChI is InChI=1S/C19H20O3/c1-2-3-4-7-13-10-11-17-15(18(13)19(20)21)12-14-8-5-6-9-16(14)22-17/h5-6,8-11H,2-4,7,12H2,1H3,(H,20,21). The Morgan fingerprint density at radius 3 is 2.73 bits per heavy atom. The van der Waals surface area contributed by atoms with E-state index in [1.807, 2.05) is 36.4 Å². The molecule has 3 heteroatoms. The van der Waals surface area contributed by atoms with Crippen molar-refractivity contribution in [3.63, 3.8) is 0 Å². The van der Waals surface area contributed by atoms with Crippen LogP contribution >= 0.6 is 0 Å². The minimum Gasteiger partial charge on any atom is -0.478 e. The molecular weight excluding hydrogens is 276 g/mol. The molecule has 0 saturated carbocycles. The summed E-state index contributed by atoms with van der Waals surface area (Å²) in [4.78, 5) is 11.8. The smallest absolute Gasteiger partial charge is 0.336 e. The molecule has 3 nitrogen and oxygen atoms in total. The maximum absolute atomic E-state index is 11.8. The van der Waals surface area contributed by atoms with E-state index in [0.717, 1.165) is 48.1 Å². The molecule has 2 aromatic rings. The molecule has 114 valence electrons. The molecule has 0 spiro atoms. The highest BCUT2D eigenvalue weighted by Crippen LogP contribution is 2.39. The summed E-state index contributed by atoms with van der Waals surface area (Å²) >= 11 is 0. The molecule has 1 heterocycles. The first-order valence-electron chi connectivity index (χ1n) is 7.84. The van der Waals surface area contributed by atoms with E-state index in [1.54, 1.807) is 0 Å². The summed E-state index contributed by atoms with van der Waals surface area (Å²) in [5, 5.41) is 9.67. The van der Waals surface area contributed by atoms with Crippen molar-refractivity contribution in [1.29, 1.82) is 0 Å². The van der Waals surface area contributed by atoms with E-state index in [4.69, 9.17) is 4.74 Å². The zero-order chi connectivity index (χ0) is 15.5. The molecular formula is C19H20O3. The van der Waals surface area contributed by atoms with E-state index < -0.39 is 5.97 Å². The summed E-state index contributed by atoms with van der Waals surface area (Å²) in [7, 11) is 0. The highest BCUT2D eigenvalue weighted by Gasteiger charge is 2.24. The number of aromatic carboxylic acids is 1. The molecule has 0 radical (unpaired) electrons. The molecule has 1 aliphatic heterocycles. The van der Waals surface area contributed by atoms with Gasteiger partial charge >= 0.3 is 5.97 Å². The first-order valence-corrected chi connectivity index (χ1v) is 7.84. The van der Waals surface area contributed by atoms with Gasteiger partial charge < -0.3 is 9.84 Å². The van der Waals surface area contributed by atoms with Crippen LogP contribution in [0.4, 0.5) is 0 Å². The van der Waals surface area contributed by atoms with Gasteiger partial charge in [0, 0.05) is 12.0 Å². The lowest BCUT2D eigenvalue weighted by molar-refractivity contribution is 0.0694. The lowest BCUT2D eigenvalue weighted by atomic mass is 9.90. The summed E-state index contributed by atoms with van der Waals surface area (Å²) in [6.07, 6.45) is 4.70. The minimum atomic E-state index is -0.855. The number of benzene rings is 2. The van der Waals surface area contributed by atoms with Crippen molar-refractivity contribution < 1.29 is 14.6 Å². The fourth-order valence-electron chi connectivity index (χ4n) is 3.05. The molecule has 0 bridgehead atoms. The Bertz CT molecular complexity index is 704. The van der Waals surface area contributed by atoms with Crippen molar-refractivity contribution in [1.82, 2.24) is 0 Å². The third kappa shape index (κ3) is 2.71. The lowest BCUT2D eigenvalue weighted by Crippen LogP contribution is -2.12. The molecule has 0 amide bonds. The van der Waals surface area contributed by atoms with Crippen LogP contribution in [0.2, 0.25) is 0 Å². The first kappa shape index (κ1) is 14.6. The van der Waals surface area contributed by atoms with Gasteiger partial charge in [0.15, 0.2) is 0 Å². The average Bonchev–Trinajstić information content (AvgIpc) is 2.52. The summed E-state index contributed by atoms with van der Waals surface area (Å²) in [6, 6.07) is 11.6. The van der Waals surface area contributed by atoms with Crippen LogP contribution in [-0.4, -0.2) is 11.1 Å². The molecule has 22 heavy (non-hydrogen) atoms. The molecule has 0 atom stereocenters. The van der Waals surface area contributed by atoms with Crippen LogP contribution in [0.1, 0.15) is 53.2 Å². The van der Waals surface area contributed by atoms with E-state index in [2.05, 4.69) is 6.92 Å². The van der Waals surface area contributed by atoms with E-state index in [-0.39, 0.29) is 0 Å². The highest BCUT2D eigenvalue weighted by molar-refractivity contribution is 5.92. The van der Waals surface area contributed by atoms with Crippen molar-refractivity contribution in [3.8, 4) is 11.5 Å². The van der Waals surface area contributed by atoms with Crippen LogP contribution in [0.25, 0.3) is 0 Å². The van der Waals surface area contributed by atoms with Gasteiger partial charge in [0.25, 0.3) is 0 Å². The van der Waals surface area contributed by atoms with E-state index >= 15 is 0 Å². The molecule has 0 saturated heterocycles. The minimum absolute atomic E-state index is 0.433. The van der Waals surface area contributed by atoms with Gasteiger partial charge in [-0.1, -0.05) is 44.0 Å². The summed E-state index contributed by atoms with van der Waals surface area (Å²) in [5.74, 6) is 0.645. The maximum atomic E-state index is 11.8. The van der Waals surface area contributed by atoms with Crippen molar-refractivity contribution in [3.05, 3.63) is 58.7 Å². The second-order valence-corrected chi connectivity index (χ2v) is 5.73. The summed E-state index contributed by atoms with van der Waals surface area (Å²) in [6.45, 7) is 2.15. The van der Waals surface area contributed by atoms with Gasteiger partial charge in [-0.05, 0) is 36.1 Å². The summed E-state index contributed by atoms with van der Waals surface area (Å²) < 4.78 is 5.89. The Labute approximate surface area is 130 Å². The van der Waals surface area contributed by atoms with Crippen LogP contribution in [0, 0.1) is 0 Å². The molecule has 1 N–H and O–H groups in total. The fraction of sp³-hybridized carbons (Fsp3) is 0.316. The van der Waals surface area contributed by atoms with Gasteiger partial charge in [-0.3, -0.25) is 0 Å². The van der Waals surface area contributed by atoms with Gasteiger partial charge in [-0.2, -0.15) is 0 Å². The number of rotatable bonds is 5. The van der Waals surface area contributed by atoms with Gasteiger partial charge in [-0.15, -0.1) is 0 Å². The van der Waals surface area contributed by atoms with Gasteiger partial charge in [-0.25, -0.2) is 4.79 Å². The van der Waals surface area contributed by atoms with Crippen LogP contribution < -0.4 is 4.74 Å². The van der Waals surface area contributed by atoms with E-state index in [1.165, 1.54) is 0 Å². The predicted molar refractivity (Wildman–Crippen MR) is 86.0 cm³/mol. The molecule has 0 aliphatic carbocycles. The van der Waals surface area contributed by atoms with Gasteiger partial charge in [0.2, 0.25) is 0 Å². The van der Waals surface area contributed by atoms with Crippen molar-refractivity contribution >= 4 is 5.97 Å². The van der Waals surface area contributed by atoms with Gasteiger partial charge in [0.1, 0.15) is 11.5 Å². The monoisotopic (exact) mass is 296 g/mol. The van der Waals surface area contributed by atoms with Crippen LogP contribution in [-0.2, 0) is 12.8 Å².